The fourth-order valence-corrected chi connectivity index (χ4v) is 7.98. The molecule has 31 heavy (non-hydrogen) atoms. The van der Waals surface area contributed by atoms with Crippen LogP contribution in [0.25, 0.3) is 0 Å². The van der Waals surface area contributed by atoms with Gasteiger partial charge in [-0.3, -0.25) is 0 Å². The highest BCUT2D eigenvalue weighted by Gasteiger charge is 2.71. The van der Waals surface area contributed by atoms with E-state index in [2.05, 4.69) is 13.0 Å². The Kier molecular flexibility index (Phi) is 4.55. The van der Waals surface area contributed by atoms with Crippen molar-refractivity contribution in [2.24, 2.45) is 22.7 Å². The number of aromatic carboxylic acids is 1. The van der Waals surface area contributed by atoms with Crippen molar-refractivity contribution in [3.8, 4) is 0 Å². The summed E-state index contributed by atoms with van der Waals surface area (Å²) in [6.45, 7) is 4.35. The first-order valence-electron chi connectivity index (χ1n) is 11.7. The van der Waals surface area contributed by atoms with Gasteiger partial charge in [0.1, 0.15) is 0 Å². The molecule has 0 radical (unpaired) electrons. The zero-order valence-corrected chi connectivity index (χ0v) is 18.5. The second-order valence-electron chi connectivity index (χ2n) is 11.0. The van der Waals surface area contributed by atoms with Gasteiger partial charge in [0.2, 0.25) is 0 Å². The minimum Gasteiger partial charge on any atom is -0.478 e. The number of hydrogen-bond acceptors (Lipinski definition) is 4. The summed E-state index contributed by atoms with van der Waals surface area (Å²) in [5, 5.41) is 43.6. The summed E-state index contributed by atoms with van der Waals surface area (Å²) in [5.74, 6) is -0.541. The van der Waals surface area contributed by atoms with Crippen molar-refractivity contribution in [2.45, 2.75) is 82.5 Å². The predicted molar refractivity (Wildman–Crippen MR) is 116 cm³/mol. The van der Waals surface area contributed by atoms with Gasteiger partial charge < -0.3 is 20.4 Å². The quantitative estimate of drug-likeness (QED) is 0.536. The summed E-state index contributed by atoms with van der Waals surface area (Å²) in [7, 11) is 0. The van der Waals surface area contributed by atoms with E-state index in [-0.39, 0.29) is 23.0 Å². The largest absolute Gasteiger partial charge is 0.478 e. The molecule has 0 heterocycles. The minimum absolute atomic E-state index is 0.0169. The molecule has 4 aliphatic carbocycles. The van der Waals surface area contributed by atoms with E-state index in [0.29, 0.717) is 24.3 Å². The van der Waals surface area contributed by atoms with Gasteiger partial charge in [-0.05, 0) is 86.3 Å². The fraction of sp³-hybridized carbons (Fsp3) is 0.654. The zero-order chi connectivity index (χ0) is 22.2. The van der Waals surface area contributed by atoms with Crippen molar-refractivity contribution in [3.63, 3.8) is 0 Å². The van der Waals surface area contributed by atoms with Crippen LogP contribution < -0.4 is 0 Å². The van der Waals surface area contributed by atoms with Crippen LogP contribution >= 0.6 is 0 Å². The lowest BCUT2D eigenvalue weighted by atomic mass is 9.45. The van der Waals surface area contributed by atoms with Crippen molar-refractivity contribution in [3.05, 3.63) is 47.0 Å². The molecule has 4 aliphatic rings. The molecular weight excluding hydrogens is 392 g/mol. The second kappa shape index (κ2) is 6.66. The Morgan fingerprint density at radius 1 is 0.968 bits per heavy atom. The fourth-order valence-electron chi connectivity index (χ4n) is 7.98. The molecule has 3 fully saturated rings. The predicted octanol–water partition coefficient (Wildman–Crippen LogP) is 4.01. The smallest absolute Gasteiger partial charge is 0.335 e. The Hall–Kier alpha value is -1.69. The number of carboxylic acids is 1. The Bertz CT molecular complexity index is 938. The SMILES string of the molecule is C[C@]12CC[C@H]3[C@@H](CC=C4C[C@@H](O)CC[C@@]43C)[C@@]1(O)CC[C@]2(O)c1ccc(C(=O)O)cc1. The first kappa shape index (κ1) is 21.2. The molecule has 3 saturated carbocycles. The van der Waals surface area contributed by atoms with Crippen LogP contribution in [0.1, 0.15) is 81.1 Å². The summed E-state index contributed by atoms with van der Waals surface area (Å²) in [6, 6.07) is 6.53. The molecule has 0 saturated heterocycles. The van der Waals surface area contributed by atoms with Gasteiger partial charge >= 0.3 is 5.97 Å². The lowest BCUT2D eigenvalue weighted by Crippen LogP contribution is -2.63. The first-order chi connectivity index (χ1) is 14.6. The number of aliphatic hydroxyl groups is 3. The minimum atomic E-state index is -1.18. The van der Waals surface area contributed by atoms with Crippen LogP contribution in [0.3, 0.4) is 0 Å². The number of carboxylic acid groups (broad SMARTS) is 1. The molecule has 0 aliphatic heterocycles. The van der Waals surface area contributed by atoms with E-state index in [1.54, 1.807) is 24.3 Å². The second-order valence-corrected chi connectivity index (χ2v) is 11.0. The molecule has 5 heteroatoms. The average Bonchev–Trinajstić information content (AvgIpc) is 2.96. The van der Waals surface area contributed by atoms with Crippen LogP contribution in [0.2, 0.25) is 0 Å². The van der Waals surface area contributed by atoms with Crippen molar-refractivity contribution in [1.82, 2.24) is 0 Å². The Morgan fingerprint density at radius 3 is 2.35 bits per heavy atom. The van der Waals surface area contributed by atoms with E-state index in [1.165, 1.54) is 5.57 Å². The molecule has 4 N–H and O–H groups in total. The van der Waals surface area contributed by atoms with Crippen LogP contribution in [0.15, 0.2) is 35.9 Å². The van der Waals surface area contributed by atoms with Crippen LogP contribution in [0, 0.1) is 22.7 Å². The molecule has 7 atom stereocenters. The molecule has 168 valence electrons. The highest BCUT2D eigenvalue weighted by molar-refractivity contribution is 5.87. The summed E-state index contributed by atoms with van der Waals surface area (Å²) in [6.07, 6.45) is 8.02. The van der Waals surface area contributed by atoms with E-state index < -0.39 is 22.6 Å². The van der Waals surface area contributed by atoms with Crippen LogP contribution in [0.4, 0.5) is 0 Å². The number of fused-ring (bicyclic) bond motifs is 5. The summed E-state index contributed by atoms with van der Waals surface area (Å²) in [5.41, 5.74) is -0.572. The molecule has 0 spiro atoms. The standard InChI is InChI=1S/C26H34O5/c1-23-11-9-19(27)15-18(23)7-8-21-20(23)10-12-24(2)25(30,13-14-26(21,24)31)17-5-3-16(4-6-17)22(28)29/h3-7,19-21,27,30-31H,8-15H2,1-2H3,(H,28,29)/t19-,20-,21+,23-,24+,25-,26-/m0/s1. The maximum Gasteiger partial charge on any atom is 0.335 e. The monoisotopic (exact) mass is 426 g/mol. The van der Waals surface area contributed by atoms with E-state index >= 15 is 0 Å². The topological polar surface area (TPSA) is 98.0 Å². The van der Waals surface area contributed by atoms with Gasteiger partial charge in [-0.2, -0.15) is 0 Å². The molecule has 0 amide bonds. The maximum absolute atomic E-state index is 12.2. The third-order valence-corrected chi connectivity index (χ3v) is 10.0. The van der Waals surface area contributed by atoms with Gasteiger partial charge in [0, 0.05) is 5.41 Å². The summed E-state index contributed by atoms with van der Waals surface area (Å²) < 4.78 is 0. The number of rotatable bonds is 2. The van der Waals surface area contributed by atoms with Crippen molar-refractivity contribution in [2.75, 3.05) is 0 Å². The third-order valence-electron chi connectivity index (χ3n) is 10.0. The van der Waals surface area contributed by atoms with Crippen LogP contribution in [-0.4, -0.2) is 38.1 Å². The average molecular weight is 427 g/mol. The number of hydrogen-bond donors (Lipinski definition) is 4. The van der Waals surface area contributed by atoms with E-state index in [1.807, 2.05) is 6.92 Å². The van der Waals surface area contributed by atoms with Gasteiger partial charge in [-0.25, -0.2) is 4.79 Å². The Morgan fingerprint density at radius 2 is 1.68 bits per heavy atom. The molecule has 0 bridgehead atoms. The highest BCUT2D eigenvalue weighted by atomic mass is 16.4. The zero-order valence-electron chi connectivity index (χ0n) is 18.5. The molecular formula is C26H34O5. The number of carbonyl (C=O) groups is 1. The molecule has 1 aromatic rings. The number of allylic oxidation sites excluding steroid dienone is 1. The lowest BCUT2D eigenvalue weighted by Gasteiger charge is -2.62. The Balaban J connectivity index is 1.52. The van der Waals surface area contributed by atoms with E-state index in [0.717, 1.165) is 38.5 Å². The molecule has 1 aromatic carbocycles. The van der Waals surface area contributed by atoms with Gasteiger partial charge in [0.05, 0.1) is 22.9 Å². The van der Waals surface area contributed by atoms with Gasteiger partial charge in [0.15, 0.2) is 0 Å². The molecule has 0 unspecified atom stereocenters. The van der Waals surface area contributed by atoms with Gasteiger partial charge in [-0.15, -0.1) is 0 Å². The number of aliphatic hydroxyl groups excluding tert-OH is 1. The Labute approximate surface area is 183 Å². The van der Waals surface area contributed by atoms with Crippen molar-refractivity contribution >= 4 is 5.97 Å². The highest BCUT2D eigenvalue weighted by Crippen LogP contribution is 2.70. The van der Waals surface area contributed by atoms with Crippen molar-refractivity contribution in [1.29, 1.82) is 0 Å². The normalized spacial score (nSPS) is 46.5. The first-order valence-corrected chi connectivity index (χ1v) is 11.7. The van der Waals surface area contributed by atoms with Gasteiger partial charge in [0.25, 0.3) is 0 Å². The van der Waals surface area contributed by atoms with E-state index in [9.17, 15) is 25.2 Å². The van der Waals surface area contributed by atoms with E-state index in [4.69, 9.17) is 0 Å². The molecule has 5 nitrogen and oxygen atoms in total. The van der Waals surface area contributed by atoms with Crippen molar-refractivity contribution < 1.29 is 25.2 Å². The van der Waals surface area contributed by atoms with Crippen LogP contribution in [-0.2, 0) is 5.60 Å². The lowest BCUT2D eigenvalue weighted by molar-refractivity contribution is -0.218. The maximum atomic E-state index is 12.2. The number of benzene rings is 1. The summed E-state index contributed by atoms with van der Waals surface area (Å²) >= 11 is 0. The summed E-state index contributed by atoms with van der Waals surface area (Å²) in [4.78, 5) is 11.3. The van der Waals surface area contributed by atoms with Crippen LogP contribution in [0.5, 0.6) is 0 Å². The third kappa shape index (κ3) is 2.63. The molecule has 5 rings (SSSR count). The van der Waals surface area contributed by atoms with Gasteiger partial charge in [-0.1, -0.05) is 37.6 Å². The molecule has 0 aromatic heterocycles.